The number of esters is 1. The topological polar surface area (TPSA) is 63.7 Å². The van der Waals surface area contributed by atoms with Crippen molar-refractivity contribution in [3.8, 4) is 0 Å². The van der Waals surface area contributed by atoms with Crippen molar-refractivity contribution in [3.63, 3.8) is 0 Å². The Morgan fingerprint density at radius 1 is 1.17 bits per heavy atom. The van der Waals surface area contributed by atoms with Crippen LogP contribution in [-0.4, -0.2) is 41.5 Å². The number of halogens is 3. The molecule has 1 atom stereocenters. The summed E-state index contributed by atoms with van der Waals surface area (Å²) in [7, 11) is 0. The molecule has 124 valence electrons. The van der Waals surface area contributed by atoms with E-state index >= 15 is 0 Å². The third-order valence-electron chi connectivity index (χ3n) is 3.44. The van der Waals surface area contributed by atoms with Crippen molar-refractivity contribution < 1.29 is 32.3 Å². The largest absolute Gasteiger partial charge is 0.466 e. The van der Waals surface area contributed by atoms with E-state index in [9.17, 15) is 27.6 Å². The second-order valence-corrected chi connectivity index (χ2v) is 4.93. The number of fused-ring (bicyclic) bond motifs is 1. The minimum atomic E-state index is -4.83. The minimum Gasteiger partial charge on any atom is -0.466 e. The van der Waals surface area contributed by atoms with Gasteiger partial charge in [0.25, 0.3) is 11.8 Å². The van der Waals surface area contributed by atoms with Crippen molar-refractivity contribution in [1.29, 1.82) is 0 Å². The van der Waals surface area contributed by atoms with E-state index in [4.69, 9.17) is 0 Å². The lowest BCUT2D eigenvalue weighted by molar-refractivity contribution is -0.174. The molecule has 0 fully saturated rings. The van der Waals surface area contributed by atoms with Crippen LogP contribution < -0.4 is 0 Å². The zero-order valence-electron chi connectivity index (χ0n) is 12.2. The van der Waals surface area contributed by atoms with Crippen molar-refractivity contribution in [1.82, 2.24) is 4.90 Å². The van der Waals surface area contributed by atoms with E-state index in [0.717, 1.165) is 0 Å². The molecule has 2 rings (SSSR count). The van der Waals surface area contributed by atoms with Crippen molar-refractivity contribution in [2.45, 2.75) is 32.0 Å². The number of nitrogens with zero attached hydrogens (tertiary/aromatic N) is 1. The van der Waals surface area contributed by atoms with Crippen LogP contribution in [0.2, 0.25) is 0 Å². The average molecular weight is 329 g/mol. The van der Waals surface area contributed by atoms with Crippen LogP contribution in [0, 0.1) is 0 Å². The number of alkyl halides is 3. The van der Waals surface area contributed by atoms with E-state index in [0.29, 0.717) is 0 Å². The first-order valence-electron chi connectivity index (χ1n) is 6.96. The predicted molar refractivity (Wildman–Crippen MR) is 72.7 cm³/mol. The van der Waals surface area contributed by atoms with Gasteiger partial charge in [-0.1, -0.05) is 12.1 Å². The Morgan fingerprint density at radius 3 is 2.13 bits per heavy atom. The number of imide groups is 1. The fraction of sp³-hybridized carbons (Fsp3) is 0.400. The van der Waals surface area contributed by atoms with Gasteiger partial charge in [-0.05, 0) is 25.5 Å². The van der Waals surface area contributed by atoms with Gasteiger partial charge in [0, 0.05) is 6.42 Å². The number of rotatable bonds is 5. The molecule has 1 aromatic rings. The minimum absolute atomic E-state index is 0.0442. The first kappa shape index (κ1) is 17.0. The highest BCUT2D eigenvalue weighted by molar-refractivity contribution is 6.21. The summed E-state index contributed by atoms with van der Waals surface area (Å²) in [6, 6.07) is 3.17. The zero-order chi connectivity index (χ0) is 17.2. The van der Waals surface area contributed by atoms with E-state index in [1.807, 2.05) is 0 Å². The number of ether oxygens (including phenoxy) is 1. The maximum Gasteiger partial charge on any atom is 0.409 e. The summed E-state index contributed by atoms with van der Waals surface area (Å²) >= 11 is 0. The molecular weight excluding hydrogens is 315 g/mol. The number of benzene rings is 1. The summed E-state index contributed by atoms with van der Waals surface area (Å²) in [6.45, 7) is 1.58. The van der Waals surface area contributed by atoms with Crippen LogP contribution in [0.15, 0.2) is 24.3 Å². The Morgan fingerprint density at radius 2 is 1.70 bits per heavy atom. The summed E-state index contributed by atoms with van der Waals surface area (Å²) in [5.74, 6) is -2.81. The molecule has 1 heterocycles. The average Bonchev–Trinajstić information content (AvgIpc) is 2.72. The van der Waals surface area contributed by atoms with Gasteiger partial charge in [-0.2, -0.15) is 13.2 Å². The standard InChI is InChI=1S/C15H14F3NO4/c1-2-23-12(20)8-7-11(15(16,17)18)19-13(21)9-5-3-4-6-10(9)14(19)22/h3-6,11H,2,7-8H2,1H3. The number of carbonyl (C=O) groups excluding carboxylic acids is 3. The van der Waals surface area contributed by atoms with Crippen LogP contribution in [0.1, 0.15) is 40.5 Å². The lowest BCUT2D eigenvalue weighted by Crippen LogP contribution is -2.49. The van der Waals surface area contributed by atoms with Gasteiger partial charge in [-0.25, -0.2) is 0 Å². The number of amides is 2. The summed E-state index contributed by atoms with van der Waals surface area (Å²) in [5, 5.41) is 0. The smallest absolute Gasteiger partial charge is 0.409 e. The molecule has 1 aliphatic rings. The fourth-order valence-electron chi connectivity index (χ4n) is 2.42. The second kappa shape index (κ2) is 6.39. The lowest BCUT2D eigenvalue weighted by Gasteiger charge is -2.27. The van der Waals surface area contributed by atoms with Crippen LogP contribution in [-0.2, 0) is 9.53 Å². The van der Waals surface area contributed by atoms with Gasteiger partial charge in [0.15, 0.2) is 0 Å². The Labute approximate surface area is 130 Å². The molecule has 0 aliphatic carbocycles. The molecule has 0 saturated carbocycles. The third kappa shape index (κ3) is 3.35. The van der Waals surface area contributed by atoms with E-state index in [1.165, 1.54) is 31.2 Å². The molecule has 0 radical (unpaired) electrons. The zero-order valence-corrected chi connectivity index (χ0v) is 12.2. The van der Waals surface area contributed by atoms with E-state index in [2.05, 4.69) is 4.74 Å². The van der Waals surface area contributed by atoms with Crippen LogP contribution in [0.5, 0.6) is 0 Å². The Hall–Kier alpha value is -2.38. The molecule has 0 N–H and O–H groups in total. The SMILES string of the molecule is CCOC(=O)CCC(N1C(=O)c2ccccc2C1=O)C(F)(F)F. The Balaban J connectivity index is 2.26. The Bertz CT molecular complexity index is 607. The summed E-state index contributed by atoms with van der Waals surface area (Å²) in [5.41, 5.74) is -0.134. The highest BCUT2D eigenvalue weighted by atomic mass is 19.4. The van der Waals surface area contributed by atoms with Crippen LogP contribution >= 0.6 is 0 Å². The van der Waals surface area contributed by atoms with Crippen molar-refractivity contribution in [2.75, 3.05) is 6.61 Å². The monoisotopic (exact) mass is 329 g/mol. The van der Waals surface area contributed by atoms with E-state index < -0.39 is 42.8 Å². The highest BCUT2D eigenvalue weighted by Crippen LogP contribution is 2.34. The first-order chi connectivity index (χ1) is 10.8. The van der Waals surface area contributed by atoms with Gasteiger partial charge in [0.2, 0.25) is 0 Å². The second-order valence-electron chi connectivity index (χ2n) is 4.93. The fourth-order valence-corrected chi connectivity index (χ4v) is 2.42. The predicted octanol–water partition coefficient (Wildman–Crippen LogP) is 2.56. The van der Waals surface area contributed by atoms with Crippen LogP contribution in [0.3, 0.4) is 0 Å². The molecule has 23 heavy (non-hydrogen) atoms. The maximum absolute atomic E-state index is 13.3. The van der Waals surface area contributed by atoms with Crippen LogP contribution in [0.25, 0.3) is 0 Å². The first-order valence-corrected chi connectivity index (χ1v) is 6.96. The molecular formula is C15H14F3NO4. The van der Waals surface area contributed by atoms with Gasteiger partial charge in [-0.15, -0.1) is 0 Å². The number of hydrogen-bond donors (Lipinski definition) is 0. The molecule has 0 bridgehead atoms. The molecule has 2 amide bonds. The van der Waals surface area contributed by atoms with E-state index in [-0.39, 0.29) is 22.6 Å². The van der Waals surface area contributed by atoms with Gasteiger partial charge in [-0.3, -0.25) is 19.3 Å². The Kier molecular flexibility index (Phi) is 4.72. The third-order valence-corrected chi connectivity index (χ3v) is 3.44. The van der Waals surface area contributed by atoms with Crippen molar-refractivity contribution >= 4 is 17.8 Å². The number of hydrogen-bond acceptors (Lipinski definition) is 4. The van der Waals surface area contributed by atoms with Crippen molar-refractivity contribution in [2.24, 2.45) is 0 Å². The van der Waals surface area contributed by atoms with Crippen LogP contribution in [0.4, 0.5) is 13.2 Å². The normalized spacial score (nSPS) is 15.6. The summed E-state index contributed by atoms with van der Waals surface area (Å²) < 4.78 is 44.4. The van der Waals surface area contributed by atoms with Gasteiger partial charge in [0.1, 0.15) is 6.04 Å². The molecule has 0 aromatic heterocycles. The molecule has 5 nitrogen and oxygen atoms in total. The van der Waals surface area contributed by atoms with Crippen molar-refractivity contribution in [3.05, 3.63) is 35.4 Å². The number of carbonyl (C=O) groups is 3. The van der Waals surface area contributed by atoms with Gasteiger partial charge < -0.3 is 4.74 Å². The molecule has 0 saturated heterocycles. The quantitative estimate of drug-likeness (QED) is 0.615. The maximum atomic E-state index is 13.3. The molecule has 1 aromatic carbocycles. The van der Waals surface area contributed by atoms with Gasteiger partial charge >= 0.3 is 12.1 Å². The molecule has 1 unspecified atom stereocenters. The summed E-state index contributed by atoms with van der Waals surface area (Å²) in [4.78, 5) is 35.8. The molecule has 8 heteroatoms. The lowest BCUT2D eigenvalue weighted by atomic mass is 10.1. The van der Waals surface area contributed by atoms with Gasteiger partial charge in [0.05, 0.1) is 17.7 Å². The van der Waals surface area contributed by atoms with E-state index in [1.54, 1.807) is 0 Å². The highest BCUT2D eigenvalue weighted by Gasteiger charge is 2.51. The molecule has 1 aliphatic heterocycles. The molecule has 0 spiro atoms. The summed E-state index contributed by atoms with van der Waals surface area (Å²) in [6.07, 6.45) is -6.10.